The van der Waals surface area contributed by atoms with Crippen LogP contribution in [0.15, 0.2) is 12.1 Å². The SMILES string of the molecule is COC(=O)CCC(=O)c1cc(C)cc2c1ONC(=O)C2C. The zero-order valence-corrected chi connectivity index (χ0v) is 12.2. The second-order valence-electron chi connectivity index (χ2n) is 5.02. The molecular weight excluding hydrogens is 274 g/mol. The predicted molar refractivity (Wildman–Crippen MR) is 73.9 cm³/mol. The van der Waals surface area contributed by atoms with Gasteiger partial charge in [-0.3, -0.25) is 14.4 Å². The van der Waals surface area contributed by atoms with E-state index in [-0.39, 0.29) is 30.4 Å². The molecule has 0 spiro atoms. The molecule has 1 heterocycles. The van der Waals surface area contributed by atoms with Gasteiger partial charge in [-0.25, -0.2) is 0 Å². The highest BCUT2D eigenvalue weighted by Gasteiger charge is 2.29. The van der Waals surface area contributed by atoms with Crippen molar-refractivity contribution < 1.29 is 24.0 Å². The number of hydrogen-bond acceptors (Lipinski definition) is 5. The Morgan fingerprint density at radius 2 is 2.05 bits per heavy atom. The van der Waals surface area contributed by atoms with Gasteiger partial charge in [0, 0.05) is 12.0 Å². The number of Topliss-reactive ketones (excluding diaryl/α,β-unsaturated/α-hetero) is 1. The van der Waals surface area contributed by atoms with Crippen molar-refractivity contribution in [3.63, 3.8) is 0 Å². The van der Waals surface area contributed by atoms with E-state index in [4.69, 9.17) is 4.84 Å². The summed E-state index contributed by atoms with van der Waals surface area (Å²) in [5.74, 6) is -0.930. The summed E-state index contributed by atoms with van der Waals surface area (Å²) in [5.41, 5.74) is 4.21. The van der Waals surface area contributed by atoms with Gasteiger partial charge in [0.1, 0.15) is 0 Å². The second-order valence-corrected chi connectivity index (χ2v) is 5.02. The lowest BCUT2D eigenvalue weighted by atomic mass is 9.91. The van der Waals surface area contributed by atoms with Gasteiger partial charge in [0.05, 0.1) is 25.0 Å². The molecule has 1 unspecified atom stereocenters. The fraction of sp³-hybridized carbons (Fsp3) is 0.400. The van der Waals surface area contributed by atoms with Gasteiger partial charge in [0.15, 0.2) is 11.5 Å². The summed E-state index contributed by atoms with van der Waals surface area (Å²) >= 11 is 0. The molecule has 0 saturated heterocycles. The minimum absolute atomic E-state index is 0.0139. The highest BCUT2D eigenvalue weighted by molar-refractivity contribution is 6.01. The number of hydrogen-bond donors (Lipinski definition) is 1. The zero-order chi connectivity index (χ0) is 15.6. The van der Waals surface area contributed by atoms with E-state index in [9.17, 15) is 14.4 Å². The number of carbonyl (C=O) groups is 3. The van der Waals surface area contributed by atoms with Gasteiger partial charge >= 0.3 is 5.97 Å². The van der Waals surface area contributed by atoms with Gasteiger partial charge in [0.25, 0.3) is 5.91 Å². The second kappa shape index (κ2) is 5.95. The van der Waals surface area contributed by atoms with Crippen molar-refractivity contribution in [3.8, 4) is 5.75 Å². The summed E-state index contributed by atoms with van der Waals surface area (Å²) in [7, 11) is 1.28. The molecule has 6 nitrogen and oxygen atoms in total. The molecule has 0 bridgehead atoms. The largest absolute Gasteiger partial charge is 0.469 e. The maximum Gasteiger partial charge on any atom is 0.305 e. The Morgan fingerprint density at radius 1 is 1.33 bits per heavy atom. The van der Waals surface area contributed by atoms with Crippen molar-refractivity contribution in [2.75, 3.05) is 7.11 Å². The molecule has 1 N–H and O–H groups in total. The number of esters is 1. The van der Waals surface area contributed by atoms with E-state index in [0.29, 0.717) is 16.9 Å². The molecule has 2 rings (SSSR count). The number of fused-ring (bicyclic) bond motifs is 1. The van der Waals surface area contributed by atoms with Crippen molar-refractivity contribution in [2.24, 2.45) is 0 Å². The Labute approximate surface area is 122 Å². The third-order valence-corrected chi connectivity index (χ3v) is 3.46. The number of ketones is 1. The first-order chi connectivity index (χ1) is 9.93. The number of nitrogens with one attached hydrogen (secondary N) is 1. The smallest absolute Gasteiger partial charge is 0.305 e. The summed E-state index contributed by atoms with van der Waals surface area (Å²) in [6.45, 7) is 3.59. The van der Waals surface area contributed by atoms with Gasteiger partial charge in [0.2, 0.25) is 0 Å². The fourth-order valence-electron chi connectivity index (χ4n) is 2.23. The normalized spacial score (nSPS) is 16.5. The lowest BCUT2D eigenvalue weighted by Gasteiger charge is -2.24. The number of aryl methyl sites for hydroxylation is 1. The van der Waals surface area contributed by atoms with E-state index in [1.165, 1.54) is 7.11 Å². The summed E-state index contributed by atoms with van der Waals surface area (Å²) in [5, 5.41) is 0. The molecule has 0 saturated carbocycles. The molecular formula is C15H17NO5. The Hall–Kier alpha value is -2.37. The van der Waals surface area contributed by atoms with Gasteiger partial charge < -0.3 is 9.57 Å². The van der Waals surface area contributed by atoms with Crippen LogP contribution >= 0.6 is 0 Å². The molecule has 1 aliphatic rings. The summed E-state index contributed by atoms with van der Waals surface area (Å²) in [4.78, 5) is 40.2. The van der Waals surface area contributed by atoms with E-state index in [0.717, 1.165) is 5.56 Å². The number of amides is 1. The van der Waals surface area contributed by atoms with Crippen molar-refractivity contribution in [1.29, 1.82) is 0 Å². The number of hydroxylamine groups is 1. The molecule has 0 radical (unpaired) electrons. The molecule has 1 aromatic rings. The van der Waals surface area contributed by atoms with Crippen LogP contribution in [0.4, 0.5) is 0 Å². The molecule has 112 valence electrons. The molecule has 1 amide bonds. The highest BCUT2D eigenvalue weighted by atomic mass is 16.7. The van der Waals surface area contributed by atoms with Gasteiger partial charge in [-0.15, -0.1) is 0 Å². The van der Waals surface area contributed by atoms with Crippen molar-refractivity contribution in [3.05, 3.63) is 28.8 Å². The van der Waals surface area contributed by atoms with Crippen LogP contribution < -0.4 is 10.3 Å². The van der Waals surface area contributed by atoms with Crippen LogP contribution in [0.3, 0.4) is 0 Å². The number of benzene rings is 1. The minimum Gasteiger partial charge on any atom is -0.469 e. The van der Waals surface area contributed by atoms with Crippen LogP contribution in [-0.2, 0) is 14.3 Å². The monoisotopic (exact) mass is 291 g/mol. The minimum atomic E-state index is -0.438. The molecule has 0 fully saturated rings. The topological polar surface area (TPSA) is 81.7 Å². The molecule has 0 aromatic heterocycles. The molecule has 1 atom stereocenters. The number of rotatable bonds is 4. The van der Waals surface area contributed by atoms with Crippen LogP contribution in [0.5, 0.6) is 5.75 Å². The average molecular weight is 291 g/mol. The average Bonchev–Trinajstić information content (AvgIpc) is 2.47. The van der Waals surface area contributed by atoms with E-state index < -0.39 is 5.97 Å². The van der Waals surface area contributed by atoms with Crippen molar-refractivity contribution in [2.45, 2.75) is 32.6 Å². The Morgan fingerprint density at radius 3 is 2.71 bits per heavy atom. The van der Waals surface area contributed by atoms with Crippen LogP contribution in [0, 0.1) is 6.92 Å². The lowest BCUT2D eigenvalue weighted by Crippen LogP contribution is -2.36. The van der Waals surface area contributed by atoms with Crippen LogP contribution in [0.25, 0.3) is 0 Å². The lowest BCUT2D eigenvalue weighted by molar-refractivity contribution is -0.140. The van der Waals surface area contributed by atoms with Crippen molar-refractivity contribution >= 4 is 17.7 Å². The number of methoxy groups -OCH3 is 1. The van der Waals surface area contributed by atoms with Crippen molar-refractivity contribution in [1.82, 2.24) is 5.48 Å². The van der Waals surface area contributed by atoms with E-state index in [1.807, 2.05) is 13.0 Å². The molecule has 0 aliphatic carbocycles. The maximum atomic E-state index is 12.3. The standard InChI is InChI=1S/C15H17NO5/c1-8-6-10-9(2)15(19)16-21-14(10)11(7-8)12(17)4-5-13(18)20-3/h6-7,9H,4-5H2,1-3H3,(H,16,19). The molecule has 6 heteroatoms. The van der Waals surface area contributed by atoms with Gasteiger partial charge in [-0.1, -0.05) is 6.07 Å². The van der Waals surface area contributed by atoms with Gasteiger partial charge in [-0.2, -0.15) is 5.48 Å². The van der Waals surface area contributed by atoms with E-state index in [2.05, 4.69) is 10.2 Å². The molecule has 1 aliphatic heterocycles. The zero-order valence-electron chi connectivity index (χ0n) is 12.2. The number of ether oxygens (including phenoxy) is 1. The van der Waals surface area contributed by atoms with Crippen LogP contribution in [-0.4, -0.2) is 24.8 Å². The highest BCUT2D eigenvalue weighted by Crippen LogP contribution is 2.35. The Balaban J connectivity index is 2.32. The van der Waals surface area contributed by atoms with E-state index >= 15 is 0 Å². The first kappa shape index (κ1) is 15.0. The quantitative estimate of drug-likeness (QED) is 0.674. The third kappa shape index (κ3) is 3.04. The summed E-state index contributed by atoms with van der Waals surface area (Å²) < 4.78 is 4.52. The summed E-state index contributed by atoms with van der Waals surface area (Å²) in [6.07, 6.45) is 0.0498. The first-order valence-electron chi connectivity index (χ1n) is 6.65. The maximum absolute atomic E-state index is 12.3. The third-order valence-electron chi connectivity index (χ3n) is 3.46. The van der Waals surface area contributed by atoms with Crippen LogP contribution in [0.2, 0.25) is 0 Å². The number of carbonyl (C=O) groups excluding carboxylic acids is 3. The predicted octanol–water partition coefficient (Wildman–Crippen LogP) is 1.66. The Kier molecular flexibility index (Phi) is 4.26. The molecule has 1 aromatic carbocycles. The molecule has 21 heavy (non-hydrogen) atoms. The Bertz CT molecular complexity index is 608. The van der Waals surface area contributed by atoms with Gasteiger partial charge in [-0.05, 0) is 25.5 Å². The van der Waals surface area contributed by atoms with Crippen LogP contribution in [0.1, 0.15) is 47.2 Å². The summed E-state index contributed by atoms with van der Waals surface area (Å²) in [6, 6.07) is 3.53. The fourth-order valence-corrected chi connectivity index (χ4v) is 2.23. The first-order valence-corrected chi connectivity index (χ1v) is 6.65. The van der Waals surface area contributed by atoms with E-state index in [1.54, 1.807) is 13.0 Å².